The predicted molar refractivity (Wildman–Crippen MR) is 211 cm³/mol. The van der Waals surface area contributed by atoms with Gasteiger partial charge in [0, 0.05) is 81.3 Å². The number of thioether (sulfide) groups is 1. The number of carboxylic acids is 1. The van der Waals surface area contributed by atoms with E-state index in [1.807, 2.05) is 55.7 Å². The molecule has 0 spiro atoms. The molecule has 4 atom stereocenters. The molecule has 0 bridgehead atoms. The van der Waals surface area contributed by atoms with Crippen LogP contribution in [0.15, 0.2) is 60.8 Å². The van der Waals surface area contributed by atoms with E-state index in [4.69, 9.17) is 16.6 Å². The van der Waals surface area contributed by atoms with Crippen LogP contribution in [0.3, 0.4) is 0 Å². The van der Waals surface area contributed by atoms with Crippen molar-refractivity contribution in [2.45, 2.75) is 76.9 Å². The second-order valence-electron chi connectivity index (χ2n) is 15.0. The number of nitrogens with one attached hydrogen (secondary N) is 2. The van der Waals surface area contributed by atoms with Crippen LogP contribution in [0.5, 0.6) is 0 Å². The number of carboxylic acid groups (broad SMARTS) is 1. The van der Waals surface area contributed by atoms with Gasteiger partial charge >= 0.3 is 5.97 Å². The summed E-state index contributed by atoms with van der Waals surface area (Å²) in [5, 5.41) is 13.4. The van der Waals surface area contributed by atoms with Crippen molar-refractivity contribution in [2.75, 3.05) is 31.9 Å². The highest BCUT2D eigenvalue weighted by Crippen LogP contribution is 2.41. The molecular formula is C40H51F2N7O7S. The number of imide groups is 1. The molecule has 1 aliphatic rings. The zero-order chi connectivity index (χ0) is 42.0. The number of likely N-dealkylation sites (tertiary alicyclic amines) is 1. The summed E-state index contributed by atoms with van der Waals surface area (Å²) in [6.07, 6.45) is 1.63. The lowest BCUT2D eigenvalue weighted by Crippen LogP contribution is -2.46. The Balaban J connectivity index is 1.35. The van der Waals surface area contributed by atoms with Crippen molar-refractivity contribution in [3.05, 3.63) is 83.7 Å². The largest absolute Gasteiger partial charge is 0.480 e. The Bertz CT molecular complexity index is 1940. The normalized spacial score (nSPS) is 15.9. The molecular weight excluding hydrogens is 761 g/mol. The number of carbonyl (C=O) groups excluding carboxylic acids is 5. The van der Waals surface area contributed by atoms with Crippen LogP contribution in [0.2, 0.25) is 0 Å². The number of aliphatic carboxylic acids is 1. The maximum Gasteiger partial charge on any atom is 0.321 e. The molecule has 57 heavy (non-hydrogen) atoms. The van der Waals surface area contributed by atoms with Crippen molar-refractivity contribution < 1.29 is 42.7 Å². The first-order valence-corrected chi connectivity index (χ1v) is 19.6. The summed E-state index contributed by atoms with van der Waals surface area (Å²) in [4.78, 5) is 77.3. The summed E-state index contributed by atoms with van der Waals surface area (Å²) in [5.74, 6) is -4.57. The van der Waals surface area contributed by atoms with Gasteiger partial charge in [-0.15, -0.1) is 11.8 Å². The van der Waals surface area contributed by atoms with Crippen LogP contribution in [0.1, 0.15) is 64.3 Å². The topological polar surface area (TPSA) is 210 Å². The summed E-state index contributed by atoms with van der Waals surface area (Å²) < 4.78 is 31.2. The van der Waals surface area contributed by atoms with Gasteiger partial charge in [-0.25, -0.2) is 8.78 Å². The van der Waals surface area contributed by atoms with Gasteiger partial charge < -0.3 is 36.7 Å². The van der Waals surface area contributed by atoms with Gasteiger partial charge in [0.15, 0.2) is 0 Å². The number of carbonyl (C=O) groups is 6. The van der Waals surface area contributed by atoms with E-state index in [-0.39, 0.29) is 62.7 Å². The molecule has 1 saturated heterocycles. The molecule has 14 nitrogen and oxygen atoms in total. The predicted octanol–water partition coefficient (Wildman–Crippen LogP) is 3.03. The molecule has 1 aromatic heterocycles. The number of aromatic nitrogens is 1. The summed E-state index contributed by atoms with van der Waals surface area (Å²) in [6.45, 7) is 7.67. The number of rotatable bonds is 19. The molecule has 4 rings (SSSR count). The van der Waals surface area contributed by atoms with E-state index in [1.165, 1.54) is 6.92 Å². The maximum absolute atomic E-state index is 15.0. The Morgan fingerprint density at radius 1 is 1.00 bits per heavy atom. The maximum atomic E-state index is 15.0. The highest BCUT2D eigenvalue weighted by molar-refractivity contribution is 8.00. The summed E-state index contributed by atoms with van der Waals surface area (Å²) in [7, 11) is 0. The Hall–Kier alpha value is -5.13. The summed E-state index contributed by atoms with van der Waals surface area (Å²) in [6, 6.07) is 11.8. The smallest absolute Gasteiger partial charge is 0.321 e. The Kier molecular flexibility index (Phi) is 15.5. The molecule has 2 aromatic carbocycles. The Morgan fingerprint density at radius 3 is 2.35 bits per heavy atom. The Morgan fingerprint density at radius 2 is 1.70 bits per heavy atom. The first kappa shape index (κ1) is 44.6. The minimum atomic E-state index is -1.21. The van der Waals surface area contributed by atoms with Gasteiger partial charge in [0.05, 0.1) is 17.3 Å². The SMILES string of the molecule is CC(=O)N(CC[C@H](N)C(=O)NCCC(=O)NCCN1C(=O)CC(SC[C@H](N)C(=O)O)C1=O)[C@@H](c1cc(-c2cc(F)ccc2F)cn1Cc1ccccc1)C(C)(C)C. The number of hydrogen-bond acceptors (Lipinski definition) is 9. The van der Waals surface area contributed by atoms with Crippen LogP contribution in [-0.2, 0) is 35.3 Å². The van der Waals surface area contributed by atoms with Crippen molar-refractivity contribution in [1.82, 2.24) is 25.0 Å². The fourth-order valence-electron chi connectivity index (χ4n) is 6.62. The first-order valence-electron chi connectivity index (χ1n) is 18.6. The van der Waals surface area contributed by atoms with Crippen molar-refractivity contribution in [1.29, 1.82) is 0 Å². The second-order valence-corrected chi connectivity index (χ2v) is 16.2. The van der Waals surface area contributed by atoms with Crippen molar-refractivity contribution in [2.24, 2.45) is 16.9 Å². The molecule has 3 aromatic rings. The van der Waals surface area contributed by atoms with Crippen LogP contribution in [0.25, 0.3) is 11.1 Å². The molecule has 1 unspecified atom stereocenters. The molecule has 0 aliphatic carbocycles. The van der Waals surface area contributed by atoms with Gasteiger partial charge in [-0.05, 0) is 41.7 Å². The highest BCUT2D eigenvalue weighted by atomic mass is 32.2. The monoisotopic (exact) mass is 811 g/mol. The number of benzene rings is 2. The van der Waals surface area contributed by atoms with Crippen LogP contribution < -0.4 is 22.1 Å². The van der Waals surface area contributed by atoms with E-state index in [1.54, 1.807) is 17.2 Å². The Labute approximate surface area is 334 Å². The molecule has 17 heteroatoms. The fourth-order valence-corrected chi connectivity index (χ4v) is 7.74. The zero-order valence-corrected chi connectivity index (χ0v) is 33.3. The van der Waals surface area contributed by atoms with Crippen LogP contribution >= 0.6 is 11.8 Å². The van der Waals surface area contributed by atoms with E-state index < -0.39 is 70.0 Å². The fraction of sp³-hybridized carbons (Fsp3) is 0.450. The molecule has 2 heterocycles. The first-order chi connectivity index (χ1) is 26.9. The van der Waals surface area contributed by atoms with E-state index >= 15 is 4.39 Å². The third-order valence-corrected chi connectivity index (χ3v) is 10.8. The summed E-state index contributed by atoms with van der Waals surface area (Å²) in [5.41, 5.74) is 13.4. The van der Waals surface area contributed by atoms with E-state index in [2.05, 4.69) is 10.6 Å². The molecule has 0 radical (unpaired) electrons. The average Bonchev–Trinajstić information content (AvgIpc) is 3.67. The zero-order valence-electron chi connectivity index (χ0n) is 32.5. The lowest BCUT2D eigenvalue weighted by Gasteiger charge is -2.41. The van der Waals surface area contributed by atoms with E-state index in [0.717, 1.165) is 40.4 Å². The van der Waals surface area contributed by atoms with Gasteiger partial charge in [0.25, 0.3) is 0 Å². The lowest BCUT2D eigenvalue weighted by molar-refractivity contribution is -0.139. The average molecular weight is 812 g/mol. The van der Waals surface area contributed by atoms with Gasteiger partial charge in [0.1, 0.15) is 17.7 Å². The molecule has 0 saturated carbocycles. The number of halogens is 2. The molecule has 7 N–H and O–H groups in total. The molecule has 308 valence electrons. The number of nitrogens with two attached hydrogens (primary N) is 2. The number of nitrogens with zero attached hydrogens (tertiary/aromatic N) is 3. The second kappa shape index (κ2) is 19.8. The quantitative estimate of drug-likeness (QED) is 0.112. The van der Waals surface area contributed by atoms with E-state index in [9.17, 15) is 33.2 Å². The van der Waals surface area contributed by atoms with Crippen LogP contribution in [0, 0.1) is 17.0 Å². The minimum Gasteiger partial charge on any atom is -0.480 e. The molecule has 1 fully saturated rings. The van der Waals surface area contributed by atoms with Crippen molar-refractivity contribution in [3.8, 4) is 11.1 Å². The molecule has 1 aliphatic heterocycles. The number of hydrogen-bond donors (Lipinski definition) is 5. The van der Waals surface area contributed by atoms with Crippen LogP contribution in [-0.4, -0.2) is 104 Å². The van der Waals surface area contributed by atoms with E-state index in [0.29, 0.717) is 17.8 Å². The van der Waals surface area contributed by atoms with Crippen LogP contribution in [0.4, 0.5) is 8.78 Å². The lowest BCUT2D eigenvalue weighted by atomic mass is 9.82. The molecule has 5 amide bonds. The highest BCUT2D eigenvalue weighted by Gasteiger charge is 2.39. The third kappa shape index (κ3) is 12.2. The van der Waals surface area contributed by atoms with Gasteiger partial charge in [0.2, 0.25) is 29.5 Å². The van der Waals surface area contributed by atoms with Crippen molar-refractivity contribution in [3.63, 3.8) is 0 Å². The standard InChI is InChI=1S/C40H51F2N7O7S/c1-24(50)48(36(40(2,3)4)32-18-26(28-19-27(41)10-11-29(28)42)22-47(32)21-25-8-6-5-7-9-25)16-13-30(43)37(53)46-14-12-34(51)45-15-17-49-35(52)20-33(38(49)54)57-23-31(44)39(55)56/h5-11,18-19,22,30-31,33,36H,12-17,20-21,23,43-44H2,1-4H3,(H,45,51)(H,46,53)(H,55,56)/t30-,31-,33?,36-/m0/s1. The third-order valence-electron chi connectivity index (χ3n) is 9.51. The van der Waals surface area contributed by atoms with Gasteiger partial charge in [-0.3, -0.25) is 33.7 Å². The number of amides is 5. The van der Waals surface area contributed by atoms with Gasteiger partial charge in [-0.1, -0.05) is 51.1 Å². The minimum absolute atomic E-state index is 0.0149. The van der Waals surface area contributed by atoms with Crippen molar-refractivity contribution >= 4 is 47.3 Å². The summed E-state index contributed by atoms with van der Waals surface area (Å²) >= 11 is 1.00. The van der Waals surface area contributed by atoms with Gasteiger partial charge in [-0.2, -0.15) is 0 Å².